The number of amides is 1. The van der Waals surface area contributed by atoms with E-state index >= 15 is 0 Å². The molecule has 4 heteroatoms. The van der Waals surface area contributed by atoms with Gasteiger partial charge in [-0.15, -0.1) is 0 Å². The van der Waals surface area contributed by atoms with E-state index in [4.69, 9.17) is 0 Å². The summed E-state index contributed by atoms with van der Waals surface area (Å²) in [5.74, 6) is -0.324. The van der Waals surface area contributed by atoms with Gasteiger partial charge in [-0.1, -0.05) is 24.3 Å². The van der Waals surface area contributed by atoms with Gasteiger partial charge in [-0.3, -0.25) is 4.79 Å². The van der Waals surface area contributed by atoms with Crippen molar-refractivity contribution in [1.82, 2.24) is 5.32 Å². The van der Waals surface area contributed by atoms with Gasteiger partial charge in [-0.05, 0) is 23.1 Å². The lowest BCUT2D eigenvalue weighted by atomic mass is 10.0. The van der Waals surface area contributed by atoms with Crippen molar-refractivity contribution in [2.45, 2.75) is 0 Å². The van der Waals surface area contributed by atoms with Crippen LogP contribution in [0.2, 0.25) is 0 Å². The molecule has 0 spiro atoms. The van der Waals surface area contributed by atoms with Crippen LogP contribution in [-0.4, -0.2) is 16.6 Å². The van der Waals surface area contributed by atoms with E-state index < -0.39 is 0 Å². The Balaban J connectivity index is 2.63. The Kier molecular flexibility index (Phi) is 2.96. The number of phenols is 2. The fourth-order valence-corrected chi connectivity index (χ4v) is 1.69. The first-order valence-corrected chi connectivity index (χ1v) is 5.04. The summed E-state index contributed by atoms with van der Waals surface area (Å²) in [7, 11) is 0. The van der Waals surface area contributed by atoms with E-state index in [1.165, 1.54) is 12.3 Å². The molecule has 0 aliphatic carbocycles. The van der Waals surface area contributed by atoms with Gasteiger partial charge >= 0.3 is 0 Å². The lowest BCUT2D eigenvalue weighted by Crippen LogP contribution is -1.98. The van der Waals surface area contributed by atoms with E-state index in [9.17, 15) is 15.0 Å². The maximum atomic E-state index is 10.1. The third kappa shape index (κ3) is 2.06. The van der Waals surface area contributed by atoms with E-state index in [1.54, 1.807) is 18.2 Å². The van der Waals surface area contributed by atoms with Crippen molar-refractivity contribution in [3.05, 3.63) is 42.1 Å². The smallest absolute Gasteiger partial charge is 0.211 e. The third-order valence-corrected chi connectivity index (χ3v) is 2.46. The number of hydrogen-bond acceptors (Lipinski definition) is 3. The fourth-order valence-electron chi connectivity index (χ4n) is 1.69. The summed E-state index contributed by atoms with van der Waals surface area (Å²) in [5, 5.41) is 23.0. The first kappa shape index (κ1) is 11.0. The van der Waals surface area contributed by atoms with E-state index in [-0.39, 0.29) is 11.5 Å². The predicted octanol–water partition coefficient (Wildman–Crippen LogP) is 1.97. The van der Waals surface area contributed by atoms with Crippen molar-refractivity contribution < 1.29 is 15.0 Å². The van der Waals surface area contributed by atoms with Gasteiger partial charge < -0.3 is 15.5 Å². The molecule has 0 aliphatic heterocycles. The van der Waals surface area contributed by atoms with Crippen molar-refractivity contribution in [1.29, 1.82) is 0 Å². The topological polar surface area (TPSA) is 69.6 Å². The molecular formula is C13H11NO3. The molecule has 0 heterocycles. The van der Waals surface area contributed by atoms with Gasteiger partial charge in [-0.25, -0.2) is 0 Å². The Labute approximate surface area is 97.8 Å². The molecular weight excluding hydrogens is 218 g/mol. The summed E-state index contributed by atoms with van der Waals surface area (Å²) < 4.78 is 0. The molecule has 0 atom stereocenters. The van der Waals surface area contributed by atoms with Crippen LogP contribution < -0.4 is 5.32 Å². The normalized spacial score (nSPS) is 10.8. The SMILES string of the molecule is O=CNC=Cc1cc(O)c(O)c2ccccc12. The third-order valence-electron chi connectivity index (χ3n) is 2.46. The van der Waals surface area contributed by atoms with Gasteiger partial charge in [0.1, 0.15) is 0 Å². The van der Waals surface area contributed by atoms with Crippen molar-refractivity contribution in [3.8, 4) is 11.5 Å². The van der Waals surface area contributed by atoms with E-state index in [0.29, 0.717) is 17.4 Å². The quantitative estimate of drug-likeness (QED) is 0.556. The number of carbonyl (C=O) groups is 1. The summed E-state index contributed by atoms with van der Waals surface area (Å²) in [4.78, 5) is 10.1. The minimum atomic E-state index is -0.186. The van der Waals surface area contributed by atoms with Crippen LogP contribution in [0.4, 0.5) is 0 Å². The maximum absolute atomic E-state index is 10.1. The van der Waals surface area contributed by atoms with Gasteiger partial charge in [0, 0.05) is 11.6 Å². The minimum absolute atomic E-state index is 0.138. The molecule has 17 heavy (non-hydrogen) atoms. The average Bonchev–Trinajstić information content (AvgIpc) is 2.36. The average molecular weight is 229 g/mol. The highest BCUT2D eigenvalue weighted by Crippen LogP contribution is 2.36. The summed E-state index contributed by atoms with van der Waals surface area (Å²) in [5.41, 5.74) is 0.713. The number of hydrogen-bond donors (Lipinski definition) is 3. The van der Waals surface area contributed by atoms with Gasteiger partial charge in [0.2, 0.25) is 6.41 Å². The maximum Gasteiger partial charge on any atom is 0.211 e. The highest BCUT2D eigenvalue weighted by molar-refractivity contribution is 5.96. The summed E-state index contributed by atoms with van der Waals surface area (Å²) >= 11 is 0. The molecule has 1 amide bonds. The summed E-state index contributed by atoms with van der Waals surface area (Å²) in [6.45, 7) is 0. The first-order valence-electron chi connectivity index (χ1n) is 5.04. The predicted molar refractivity (Wildman–Crippen MR) is 65.5 cm³/mol. The van der Waals surface area contributed by atoms with Crippen LogP contribution in [0.5, 0.6) is 11.5 Å². The van der Waals surface area contributed by atoms with Crippen LogP contribution in [0, 0.1) is 0 Å². The van der Waals surface area contributed by atoms with Crippen LogP contribution in [0.1, 0.15) is 5.56 Å². The summed E-state index contributed by atoms with van der Waals surface area (Å²) in [6.07, 6.45) is 3.67. The van der Waals surface area contributed by atoms with E-state index in [2.05, 4.69) is 5.32 Å². The van der Waals surface area contributed by atoms with Crippen molar-refractivity contribution in [2.75, 3.05) is 0 Å². The Morgan fingerprint density at radius 1 is 1.12 bits per heavy atom. The molecule has 0 unspecified atom stereocenters. The molecule has 0 aliphatic rings. The number of rotatable bonds is 3. The zero-order valence-corrected chi connectivity index (χ0v) is 8.92. The second-order valence-corrected chi connectivity index (χ2v) is 3.50. The second-order valence-electron chi connectivity index (χ2n) is 3.50. The number of aromatic hydroxyl groups is 2. The van der Waals surface area contributed by atoms with Crippen LogP contribution in [0.25, 0.3) is 16.8 Å². The van der Waals surface area contributed by atoms with Crippen LogP contribution in [0.15, 0.2) is 36.5 Å². The molecule has 2 rings (SSSR count). The van der Waals surface area contributed by atoms with Gasteiger partial charge in [0.25, 0.3) is 0 Å². The molecule has 3 N–H and O–H groups in total. The van der Waals surface area contributed by atoms with E-state index in [1.807, 2.05) is 12.1 Å². The molecule has 0 fully saturated rings. The Bertz CT molecular complexity index is 590. The monoisotopic (exact) mass is 229 g/mol. The largest absolute Gasteiger partial charge is 0.504 e. The van der Waals surface area contributed by atoms with Crippen LogP contribution in [-0.2, 0) is 4.79 Å². The van der Waals surface area contributed by atoms with Crippen LogP contribution in [0.3, 0.4) is 0 Å². The molecule has 2 aromatic rings. The highest BCUT2D eigenvalue weighted by atomic mass is 16.3. The molecule has 86 valence electrons. The number of carbonyl (C=O) groups excluding carboxylic acids is 1. The molecule has 0 bridgehead atoms. The number of nitrogens with one attached hydrogen (secondary N) is 1. The number of phenolic OH excluding ortho intramolecular Hbond substituents is 2. The molecule has 2 aromatic carbocycles. The molecule has 0 saturated carbocycles. The number of fused-ring (bicyclic) bond motifs is 1. The van der Waals surface area contributed by atoms with Gasteiger partial charge in [0.15, 0.2) is 11.5 Å². The standard InChI is InChI=1S/C13H11NO3/c15-8-14-6-5-9-7-12(16)13(17)11-4-2-1-3-10(9)11/h1-8,16-17H,(H,14,15). The Hall–Kier alpha value is -2.49. The van der Waals surface area contributed by atoms with Crippen LogP contribution >= 0.6 is 0 Å². The number of benzene rings is 2. The Morgan fingerprint density at radius 3 is 2.53 bits per heavy atom. The van der Waals surface area contributed by atoms with Crippen molar-refractivity contribution in [2.24, 2.45) is 0 Å². The molecule has 0 saturated heterocycles. The molecule has 0 aromatic heterocycles. The second kappa shape index (κ2) is 4.57. The lowest BCUT2D eigenvalue weighted by Gasteiger charge is -2.06. The molecule has 4 nitrogen and oxygen atoms in total. The molecule has 0 radical (unpaired) electrons. The highest BCUT2D eigenvalue weighted by Gasteiger charge is 2.08. The zero-order valence-electron chi connectivity index (χ0n) is 8.92. The van der Waals surface area contributed by atoms with Crippen molar-refractivity contribution >= 4 is 23.3 Å². The zero-order chi connectivity index (χ0) is 12.3. The first-order chi connectivity index (χ1) is 8.24. The van der Waals surface area contributed by atoms with Gasteiger partial charge in [-0.2, -0.15) is 0 Å². The minimum Gasteiger partial charge on any atom is -0.504 e. The summed E-state index contributed by atoms with van der Waals surface area (Å²) in [6, 6.07) is 8.60. The lowest BCUT2D eigenvalue weighted by molar-refractivity contribution is -0.108. The van der Waals surface area contributed by atoms with E-state index in [0.717, 1.165) is 5.39 Å². The van der Waals surface area contributed by atoms with Gasteiger partial charge in [0.05, 0.1) is 0 Å². The Morgan fingerprint density at radius 2 is 1.82 bits per heavy atom. The fraction of sp³-hybridized carbons (Fsp3) is 0. The van der Waals surface area contributed by atoms with Crippen molar-refractivity contribution in [3.63, 3.8) is 0 Å².